The highest BCUT2D eigenvalue weighted by atomic mass is 32.1. The first kappa shape index (κ1) is 13.5. The van der Waals surface area contributed by atoms with Gasteiger partial charge in [-0.2, -0.15) is 0 Å². The molecule has 0 fully saturated rings. The maximum atomic E-state index is 5.28. The van der Waals surface area contributed by atoms with Crippen molar-refractivity contribution in [3.8, 4) is 11.1 Å². The highest BCUT2D eigenvalue weighted by molar-refractivity contribution is 7.19. The van der Waals surface area contributed by atoms with E-state index in [9.17, 15) is 0 Å². The maximum absolute atomic E-state index is 5.28. The van der Waals surface area contributed by atoms with Crippen molar-refractivity contribution in [3.63, 3.8) is 0 Å². The van der Waals surface area contributed by atoms with Gasteiger partial charge in [0.05, 0.1) is 15.9 Å². The number of allylic oxidation sites excluding steroid dienone is 4. The van der Waals surface area contributed by atoms with Crippen molar-refractivity contribution in [3.05, 3.63) is 52.9 Å². The summed E-state index contributed by atoms with van der Waals surface area (Å²) in [4.78, 5) is 4.76. The molecule has 2 aromatic heterocycles. The molecule has 0 spiro atoms. The molecule has 0 saturated carbocycles. The summed E-state index contributed by atoms with van der Waals surface area (Å²) < 4.78 is 6.48. The van der Waals surface area contributed by atoms with Crippen LogP contribution in [0.1, 0.15) is 29.3 Å². The van der Waals surface area contributed by atoms with Crippen molar-refractivity contribution in [2.45, 2.75) is 26.7 Å². The quantitative estimate of drug-likeness (QED) is 0.644. The molecule has 22 heavy (non-hydrogen) atoms. The Balaban J connectivity index is 1.82. The Hall–Kier alpha value is -2.20. The number of aromatic nitrogens is 2. The van der Waals surface area contributed by atoms with Crippen LogP contribution < -0.4 is 0 Å². The smallest absolute Gasteiger partial charge is 0.141 e. The number of benzene rings is 1. The average molecular weight is 308 g/mol. The lowest BCUT2D eigenvalue weighted by Gasteiger charge is -2.01. The van der Waals surface area contributed by atoms with Gasteiger partial charge in [0.15, 0.2) is 0 Å². The molecular formula is C18H16N2OS. The fourth-order valence-electron chi connectivity index (χ4n) is 2.87. The second-order valence-corrected chi connectivity index (χ2v) is 6.57. The number of hydrogen-bond donors (Lipinski definition) is 0. The van der Waals surface area contributed by atoms with Crippen LogP contribution in [-0.2, 0) is 0 Å². The van der Waals surface area contributed by atoms with Gasteiger partial charge in [-0.1, -0.05) is 29.5 Å². The van der Waals surface area contributed by atoms with Gasteiger partial charge in [0.25, 0.3) is 0 Å². The van der Waals surface area contributed by atoms with Crippen molar-refractivity contribution in [1.82, 2.24) is 10.1 Å². The minimum Gasteiger partial charge on any atom is -0.361 e. The number of thiazole rings is 1. The first-order chi connectivity index (χ1) is 10.7. The molecule has 4 rings (SSSR count). The highest BCUT2D eigenvalue weighted by Crippen LogP contribution is 2.34. The molecule has 110 valence electrons. The van der Waals surface area contributed by atoms with Crippen LogP contribution in [0.2, 0.25) is 0 Å². The molecule has 0 aliphatic heterocycles. The Morgan fingerprint density at radius 3 is 2.82 bits per heavy atom. The third kappa shape index (κ3) is 2.20. The summed E-state index contributed by atoms with van der Waals surface area (Å²) in [5.41, 5.74) is 5.46. The van der Waals surface area contributed by atoms with Gasteiger partial charge in [-0.15, -0.1) is 11.3 Å². The van der Waals surface area contributed by atoms with Gasteiger partial charge in [-0.3, -0.25) is 0 Å². The molecule has 0 amide bonds. The average Bonchev–Trinajstić information content (AvgIpc) is 3.11. The highest BCUT2D eigenvalue weighted by Gasteiger charge is 2.14. The third-order valence-electron chi connectivity index (χ3n) is 3.95. The van der Waals surface area contributed by atoms with E-state index in [0.29, 0.717) is 0 Å². The van der Waals surface area contributed by atoms with Crippen LogP contribution in [0.25, 0.3) is 26.9 Å². The Morgan fingerprint density at radius 2 is 2.09 bits per heavy atom. The van der Waals surface area contributed by atoms with Crippen molar-refractivity contribution in [2.75, 3.05) is 0 Å². The van der Waals surface area contributed by atoms with E-state index in [1.807, 2.05) is 13.8 Å². The van der Waals surface area contributed by atoms with Gasteiger partial charge in [0.1, 0.15) is 10.8 Å². The molecule has 3 nitrogen and oxygen atoms in total. The zero-order valence-electron chi connectivity index (χ0n) is 12.6. The molecule has 2 heterocycles. The molecule has 1 aliphatic rings. The molecule has 3 aromatic rings. The van der Waals surface area contributed by atoms with Crippen LogP contribution in [-0.4, -0.2) is 10.1 Å². The van der Waals surface area contributed by atoms with Crippen LogP contribution in [0.5, 0.6) is 0 Å². The van der Waals surface area contributed by atoms with Crippen LogP contribution in [0.15, 0.2) is 41.0 Å². The van der Waals surface area contributed by atoms with E-state index >= 15 is 0 Å². The monoisotopic (exact) mass is 308 g/mol. The summed E-state index contributed by atoms with van der Waals surface area (Å²) in [6, 6.07) is 6.38. The van der Waals surface area contributed by atoms with Crippen molar-refractivity contribution in [2.24, 2.45) is 0 Å². The van der Waals surface area contributed by atoms with E-state index in [-0.39, 0.29) is 0 Å². The molecule has 1 aromatic carbocycles. The van der Waals surface area contributed by atoms with Crippen LogP contribution >= 0.6 is 11.3 Å². The molecule has 0 saturated heterocycles. The number of rotatable bonds is 2. The second-order valence-electron chi connectivity index (χ2n) is 5.54. The number of nitrogens with zero attached hydrogens (tertiary/aromatic N) is 2. The zero-order valence-corrected chi connectivity index (χ0v) is 13.4. The summed E-state index contributed by atoms with van der Waals surface area (Å²) in [5, 5.41) is 5.14. The normalized spacial score (nSPS) is 14.5. The van der Waals surface area contributed by atoms with Crippen molar-refractivity contribution < 1.29 is 4.52 Å². The SMILES string of the molecule is Cc1noc(C)c1-c1ccc2nc(C3=CCCC=C3)sc2c1. The molecule has 0 bridgehead atoms. The Kier molecular flexibility index (Phi) is 3.19. The lowest BCUT2D eigenvalue weighted by atomic mass is 10.0. The summed E-state index contributed by atoms with van der Waals surface area (Å²) in [5.74, 6) is 0.861. The summed E-state index contributed by atoms with van der Waals surface area (Å²) >= 11 is 1.75. The van der Waals surface area contributed by atoms with Crippen LogP contribution in [0.3, 0.4) is 0 Å². The van der Waals surface area contributed by atoms with E-state index in [0.717, 1.165) is 45.9 Å². The minimum absolute atomic E-state index is 0.861. The van der Waals surface area contributed by atoms with Gasteiger partial charge in [-0.05, 0) is 44.4 Å². The lowest BCUT2D eigenvalue weighted by Crippen LogP contribution is -1.84. The van der Waals surface area contributed by atoms with E-state index < -0.39 is 0 Å². The van der Waals surface area contributed by atoms with E-state index in [1.54, 1.807) is 11.3 Å². The topological polar surface area (TPSA) is 38.9 Å². The van der Waals surface area contributed by atoms with Crippen LogP contribution in [0, 0.1) is 13.8 Å². The minimum atomic E-state index is 0.861. The van der Waals surface area contributed by atoms with Gasteiger partial charge in [-0.25, -0.2) is 4.98 Å². The van der Waals surface area contributed by atoms with Crippen LogP contribution in [0.4, 0.5) is 0 Å². The second kappa shape index (κ2) is 5.21. The summed E-state index contributed by atoms with van der Waals surface area (Å²) in [6.07, 6.45) is 8.90. The predicted octanol–water partition coefficient (Wildman–Crippen LogP) is 5.30. The number of aryl methyl sites for hydroxylation is 2. The Labute approximate surface area is 133 Å². The van der Waals surface area contributed by atoms with Gasteiger partial charge in [0.2, 0.25) is 0 Å². The summed E-state index contributed by atoms with van der Waals surface area (Å²) in [7, 11) is 0. The van der Waals surface area contributed by atoms with Gasteiger partial charge in [0, 0.05) is 11.1 Å². The maximum Gasteiger partial charge on any atom is 0.141 e. The standard InChI is InChI=1S/C18H16N2OS/c1-11-17(12(2)21-20-11)14-8-9-15-16(10-14)22-18(19-15)13-6-4-3-5-7-13/h4,6-10H,3,5H2,1-2H3. The zero-order chi connectivity index (χ0) is 15.1. The number of hydrogen-bond acceptors (Lipinski definition) is 4. The lowest BCUT2D eigenvalue weighted by molar-refractivity contribution is 0.393. The largest absolute Gasteiger partial charge is 0.361 e. The molecule has 1 aliphatic carbocycles. The molecule has 4 heteroatoms. The van der Waals surface area contributed by atoms with E-state index in [1.165, 1.54) is 10.3 Å². The van der Waals surface area contributed by atoms with E-state index in [4.69, 9.17) is 9.51 Å². The molecule has 0 unspecified atom stereocenters. The fourth-order valence-corrected chi connectivity index (χ4v) is 3.90. The van der Waals surface area contributed by atoms with Crippen molar-refractivity contribution in [1.29, 1.82) is 0 Å². The first-order valence-corrected chi connectivity index (χ1v) is 8.25. The molecule has 0 N–H and O–H groups in total. The third-order valence-corrected chi connectivity index (χ3v) is 5.02. The van der Waals surface area contributed by atoms with Gasteiger partial charge < -0.3 is 4.52 Å². The first-order valence-electron chi connectivity index (χ1n) is 7.43. The van der Waals surface area contributed by atoms with E-state index in [2.05, 4.69) is 41.6 Å². The van der Waals surface area contributed by atoms with Crippen molar-refractivity contribution >= 4 is 27.1 Å². The van der Waals surface area contributed by atoms with Gasteiger partial charge >= 0.3 is 0 Å². The predicted molar refractivity (Wildman–Crippen MR) is 90.9 cm³/mol. The Bertz CT molecular complexity index is 895. The molecular weight excluding hydrogens is 292 g/mol. The molecule has 0 radical (unpaired) electrons. The Morgan fingerprint density at radius 1 is 1.18 bits per heavy atom. The fraction of sp³-hybridized carbons (Fsp3) is 0.222. The summed E-state index contributed by atoms with van der Waals surface area (Å²) in [6.45, 7) is 3.93. The number of fused-ring (bicyclic) bond motifs is 1. The molecule has 0 atom stereocenters.